The van der Waals surface area contributed by atoms with Gasteiger partial charge in [-0.15, -0.1) is 10.2 Å². The van der Waals surface area contributed by atoms with Gasteiger partial charge in [-0.3, -0.25) is 14.5 Å². The van der Waals surface area contributed by atoms with E-state index in [4.69, 9.17) is 9.47 Å². The van der Waals surface area contributed by atoms with E-state index in [9.17, 15) is 14.7 Å². The molecule has 45 heavy (non-hydrogen) atoms. The molecule has 0 saturated heterocycles. The van der Waals surface area contributed by atoms with Gasteiger partial charge in [0.05, 0.1) is 24.8 Å². The van der Waals surface area contributed by atoms with E-state index in [1.165, 1.54) is 34.1 Å². The number of nitrogens with zero attached hydrogens (tertiary/aromatic N) is 3. The first-order valence-corrected chi connectivity index (χ1v) is 16.7. The Kier molecular flexibility index (Phi) is 11.1. The zero-order valence-electron chi connectivity index (χ0n) is 25.2. The highest BCUT2D eigenvalue weighted by molar-refractivity contribution is 8.00. The highest BCUT2D eigenvalue weighted by Gasteiger charge is 2.45. The molecule has 3 aromatic carbocycles. The standard InChI is InChI=1S/C35H35N3O5S2/c1-3-5-12-21-43-28-20-18-26(22-29(28)42-4-2)31-30(27(39)19-17-24-13-8-6-9-14-24)32(40)33(41)38(31)34-36-37-35(45-34)44-23-25-15-10-7-11-16-25/h6-11,13-20,22,31,40H,3-5,12,21,23H2,1-2H3. The molecule has 0 aliphatic carbocycles. The summed E-state index contributed by atoms with van der Waals surface area (Å²) in [7, 11) is 0. The quantitative estimate of drug-likeness (QED) is 0.0604. The van der Waals surface area contributed by atoms with Gasteiger partial charge in [0, 0.05) is 5.75 Å². The molecule has 1 amide bonds. The highest BCUT2D eigenvalue weighted by Crippen LogP contribution is 2.45. The molecule has 1 aromatic heterocycles. The van der Waals surface area contributed by atoms with E-state index in [1.54, 1.807) is 24.3 Å². The monoisotopic (exact) mass is 641 g/mol. The molecule has 0 radical (unpaired) electrons. The summed E-state index contributed by atoms with van der Waals surface area (Å²) in [6.45, 7) is 4.95. The molecule has 0 spiro atoms. The largest absolute Gasteiger partial charge is 0.503 e. The van der Waals surface area contributed by atoms with Crippen LogP contribution < -0.4 is 14.4 Å². The Morgan fingerprint density at radius 3 is 2.47 bits per heavy atom. The van der Waals surface area contributed by atoms with Crippen molar-refractivity contribution in [1.29, 1.82) is 0 Å². The van der Waals surface area contributed by atoms with E-state index in [-0.39, 0.29) is 10.7 Å². The van der Waals surface area contributed by atoms with Crippen LogP contribution in [0.25, 0.3) is 6.08 Å². The molecule has 1 aliphatic rings. The minimum Gasteiger partial charge on any atom is -0.503 e. The van der Waals surface area contributed by atoms with Gasteiger partial charge in [-0.1, -0.05) is 116 Å². The number of hydrogen-bond acceptors (Lipinski definition) is 9. The van der Waals surface area contributed by atoms with E-state index < -0.39 is 23.5 Å². The summed E-state index contributed by atoms with van der Waals surface area (Å²) in [6, 6.07) is 23.7. The van der Waals surface area contributed by atoms with E-state index in [2.05, 4.69) is 17.1 Å². The number of aliphatic hydroxyl groups is 1. The van der Waals surface area contributed by atoms with Gasteiger partial charge < -0.3 is 14.6 Å². The third kappa shape index (κ3) is 7.82. The third-order valence-corrected chi connectivity index (χ3v) is 9.22. The Morgan fingerprint density at radius 2 is 1.73 bits per heavy atom. The van der Waals surface area contributed by atoms with Gasteiger partial charge >= 0.3 is 0 Å². The fourth-order valence-electron chi connectivity index (χ4n) is 4.89. The molecular weight excluding hydrogens is 607 g/mol. The number of anilines is 1. The predicted molar refractivity (Wildman–Crippen MR) is 179 cm³/mol. The Labute approximate surface area is 271 Å². The van der Waals surface area contributed by atoms with Crippen molar-refractivity contribution in [1.82, 2.24) is 10.2 Å². The zero-order valence-corrected chi connectivity index (χ0v) is 26.9. The summed E-state index contributed by atoms with van der Waals surface area (Å²) >= 11 is 2.74. The van der Waals surface area contributed by atoms with E-state index >= 15 is 0 Å². The first-order chi connectivity index (χ1) is 22.0. The lowest BCUT2D eigenvalue weighted by Crippen LogP contribution is -2.31. The Morgan fingerprint density at radius 1 is 0.978 bits per heavy atom. The highest BCUT2D eigenvalue weighted by atomic mass is 32.2. The van der Waals surface area contributed by atoms with Gasteiger partial charge in [-0.2, -0.15) is 0 Å². The summed E-state index contributed by atoms with van der Waals surface area (Å²) in [5.74, 6) is -0.0686. The number of thioether (sulfide) groups is 1. The lowest BCUT2D eigenvalue weighted by molar-refractivity contribution is -0.117. The summed E-state index contributed by atoms with van der Waals surface area (Å²) in [5.41, 5.74) is 2.48. The number of ketones is 1. The average Bonchev–Trinajstić information content (AvgIpc) is 3.64. The Balaban J connectivity index is 1.49. The summed E-state index contributed by atoms with van der Waals surface area (Å²) in [4.78, 5) is 28.7. The topological polar surface area (TPSA) is 102 Å². The summed E-state index contributed by atoms with van der Waals surface area (Å²) < 4.78 is 12.6. The molecule has 0 bridgehead atoms. The second-order valence-electron chi connectivity index (χ2n) is 10.3. The lowest BCUT2D eigenvalue weighted by atomic mass is 9.95. The van der Waals surface area contributed by atoms with Crippen molar-refractivity contribution in [3.63, 3.8) is 0 Å². The van der Waals surface area contributed by atoms with Crippen LogP contribution in [0.1, 0.15) is 55.8 Å². The first-order valence-electron chi connectivity index (χ1n) is 14.9. The normalized spacial score (nSPS) is 14.8. The number of unbranched alkanes of at least 4 members (excludes halogenated alkanes) is 2. The van der Waals surface area contributed by atoms with Crippen LogP contribution in [0.3, 0.4) is 0 Å². The minimum absolute atomic E-state index is 0.0417. The molecule has 2 heterocycles. The first kappa shape index (κ1) is 32.0. The van der Waals surface area contributed by atoms with Gasteiger partial charge in [0.25, 0.3) is 5.91 Å². The number of ether oxygens (including phenoxy) is 2. The van der Waals surface area contributed by atoms with Crippen LogP contribution in [0.4, 0.5) is 5.13 Å². The molecule has 1 aliphatic heterocycles. The predicted octanol–water partition coefficient (Wildman–Crippen LogP) is 7.98. The van der Waals surface area contributed by atoms with Crippen molar-refractivity contribution >= 4 is 46.0 Å². The van der Waals surface area contributed by atoms with Crippen molar-refractivity contribution in [2.75, 3.05) is 18.1 Å². The van der Waals surface area contributed by atoms with E-state index in [1.807, 2.05) is 67.6 Å². The molecule has 0 fully saturated rings. The van der Waals surface area contributed by atoms with Crippen LogP contribution in [0.15, 0.2) is 101 Å². The maximum Gasteiger partial charge on any atom is 0.296 e. The number of amides is 1. The molecule has 10 heteroatoms. The minimum atomic E-state index is -0.960. The number of hydrogen-bond donors (Lipinski definition) is 1. The molecular formula is C35H35N3O5S2. The van der Waals surface area contributed by atoms with Gasteiger partial charge in [0.15, 0.2) is 27.4 Å². The number of aromatic nitrogens is 2. The number of aliphatic hydroxyl groups excluding tert-OH is 1. The Bertz CT molecular complexity index is 1670. The van der Waals surface area contributed by atoms with Crippen LogP contribution in [0, 0.1) is 0 Å². The van der Waals surface area contributed by atoms with Crippen molar-refractivity contribution in [2.45, 2.75) is 49.2 Å². The van der Waals surface area contributed by atoms with Gasteiger partial charge in [-0.05, 0) is 48.2 Å². The number of rotatable bonds is 15. The average molecular weight is 642 g/mol. The smallest absolute Gasteiger partial charge is 0.296 e. The molecule has 232 valence electrons. The maximum absolute atomic E-state index is 13.7. The SMILES string of the molecule is CCCCCOc1ccc(C2C(C(=O)C=Cc3ccccc3)=C(O)C(=O)N2c2nnc(SCc3ccccc3)s2)cc1OCC. The van der Waals surface area contributed by atoms with Crippen LogP contribution >= 0.6 is 23.1 Å². The molecule has 4 aromatic rings. The van der Waals surface area contributed by atoms with Crippen molar-refractivity contribution in [2.24, 2.45) is 0 Å². The van der Waals surface area contributed by atoms with Crippen LogP contribution in [0.2, 0.25) is 0 Å². The Hall–Kier alpha value is -4.41. The number of carbonyl (C=O) groups excluding carboxylic acids is 2. The molecule has 8 nitrogen and oxygen atoms in total. The molecule has 1 unspecified atom stereocenters. The van der Waals surface area contributed by atoms with Crippen LogP contribution in [0.5, 0.6) is 11.5 Å². The molecule has 1 atom stereocenters. The maximum atomic E-state index is 13.7. The second kappa shape index (κ2) is 15.5. The zero-order chi connectivity index (χ0) is 31.6. The fourth-order valence-corrected chi connectivity index (χ4v) is 6.71. The van der Waals surface area contributed by atoms with Crippen LogP contribution in [-0.2, 0) is 15.3 Å². The van der Waals surface area contributed by atoms with E-state index in [0.717, 1.165) is 30.4 Å². The fraction of sp³-hybridized carbons (Fsp3) is 0.257. The molecule has 1 N–H and O–H groups in total. The van der Waals surface area contributed by atoms with Gasteiger partial charge in [0.1, 0.15) is 0 Å². The molecule has 5 rings (SSSR count). The van der Waals surface area contributed by atoms with Crippen molar-refractivity contribution < 1.29 is 24.2 Å². The summed E-state index contributed by atoms with van der Waals surface area (Å²) in [5, 5.41) is 20.1. The van der Waals surface area contributed by atoms with E-state index in [0.29, 0.717) is 40.4 Å². The van der Waals surface area contributed by atoms with Crippen molar-refractivity contribution in [3.05, 3.63) is 113 Å². The second-order valence-corrected chi connectivity index (χ2v) is 12.4. The summed E-state index contributed by atoms with van der Waals surface area (Å²) in [6.07, 6.45) is 6.09. The third-order valence-electron chi connectivity index (χ3n) is 7.10. The number of carbonyl (C=O) groups is 2. The van der Waals surface area contributed by atoms with Gasteiger partial charge in [0.2, 0.25) is 5.13 Å². The molecule has 0 saturated carbocycles. The van der Waals surface area contributed by atoms with Gasteiger partial charge in [-0.25, -0.2) is 0 Å². The van der Waals surface area contributed by atoms with Crippen molar-refractivity contribution in [3.8, 4) is 11.5 Å². The lowest BCUT2D eigenvalue weighted by Gasteiger charge is -2.24. The number of allylic oxidation sites excluding steroid dienone is 1. The van der Waals surface area contributed by atoms with Crippen LogP contribution in [-0.4, -0.2) is 40.2 Å². The number of benzene rings is 3.